The topological polar surface area (TPSA) is 81.5 Å². The molecule has 0 spiro atoms. The van der Waals surface area contributed by atoms with Crippen molar-refractivity contribution in [1.82, 2.24) is 5.09 Å². The van der Waals surface area contributed by atoms with E-state index < -0.39 is 18.7 Å². The molecule has 18 heavy (non-hydrogen) atoms. The highest BCUT2D eigenvalue weighted by Crippen LogP contribution is 2.46. The van der Waals surface area contributed by atoms with E-state index in [0.717, 1.165) is 0 Å². The van der Waals surface area contributed by atoms with E-state index in [0.29, 0.717) is 18.0 Å². The van der Waals surface area contributed by atoms with Gasteiger partial charge in [-0.1, -0.05) is 10.3 Å². The fraction of sp³-hybridized carbons (Fsp3) is 0.667. The summed E-state index contributed by atoms with van der Waals surface area (Å²) >= 11 is 5.16. The molecule has 1 unspecified atom stereocenters. The number of carbonyl (C=O) groups excluding carboxylic acids is 1. The minimum absolute atomic E-state index is 0.296. The summed E-state index contributed by atoms with van der Waals surface area (Å²) in [4.78, 5) is 11.5. The van der Waals surface area contributed by atoms with Gasteiger partial charge in [-0.3, -0.25) is 4.79 Å². The normalized spacial score (nSPS) is 19.6. The molecule has 0 saturated carbocycles. The number of carbonyl (C=O) groups is 1. The minimum atomic E-state index is -2.96. The Morgan fingerprint density at radius 3 is 2.39 bits per heavy atom. The van der Waals surface area contributed by atoms with Crippen LogP contribution in [0.1, 0.15) is 27.7 Å². The first kappa shape index (κ1) is 15.1. The van der Waals surface area contributed by atoms with E-state index in [2.05, 4.69) is 15.4 Å². The van der Waals surface area contributed by atoms with Crippen LogP contribution in [0.25, 0.3) is 0 Å². The second-order valence-corrected chi connectivity index (χ2v) is 6.64. The van der Waals surface area contributed by atoms with Crippen molar-refractivity contribution in [1.29, 1.82) is 0 Å². The molecule has 1 heterocycles. The van der Waals surface area contributed by atoms with E-state index in [1.807, 2.05) is 0 Å². The van der Waals surface area contributed by atoms with Gasteiger partial charge in [0.2, 0.25) is 0 Å². The van der Waals surface area contributed by atoms with E-state index in [9.17, 15) is 4.79 Å². The molecule has 0 aliphatic carbocycles. The van der Waals surface area contributed by atoms with E-state index in [1.54, 1.807) is 27.7 Å². The van der Waals surface area contributed by atoms with Gasteiger partial charge in [-0.05, 0) is 27.7 Å². The molecule has 0 fully saturated rings. The molecule has 1 atom stereocenters. The molecular weight excluding hydrogens is 277 g/mol. The smallest absolute Gasteiger partial charge is 0.408 e. The lowest BCUT2D eigenvalue weighted by Crippen LogP contribution is -2.33. The number of nitrogens with zero attached hydrogens (tertiary/aromatic N) is 2. The van der Waals surface area contributed by atoms with Crippen molar-refractivity contribution in [3.63, 3.8) is 0 Å². The maximum absolute atomic E-state index is 11.5. The van der Waals surface area contributed by atoms with E-state index in [1.165, 1.54) is 0 Å². The Morgan fingerprint density at radius 1 is 1.44 bits per heavy atom. The Hall–Kier alpha value is -0.980. The molecule has 102 valence electrons. The number of rotatable bonds is 4. The zero-order chi connectivity index (χ0) is 13.8. The third kappa shape index (κ3) is 4.04. The molecule has 0 bridgehead atoms. The second kappa shape index (κ2) is 6.26. The SMILES string of the molecule is CCOC(=O)C(C)NP1(=S)ON=C(C)C(C)=NO1. The number of oxime groups is 2. The number of ether oxygens (including phenoxy) is 1. The summed E-state index contributed by atoms with van der Waals surface area (Å²) < 4.78 is 15.1. The van der Waals surface area contributed by atoms with Gasteiger partial charge in [-0.15, -0.1) is 0 Å². The Balaban J connectivity index is 2.72. The number of esters is 1. The van der Waals surface area contributed by atoms with Crippen molar-refractivity contribution in [2.75, 3.05) is 6.61 Å². The first-order valence-electron chi connectivity index (χ1n) is 5.39. The van der Waals surface area contributed by atoms with Gasteiger partial charge in [-0.2, -0.15) is 0 Å². The first-order chi connectivity index (χ1) is 8.38. The van der Waals surface area contributed by atoms with Gasteiger partial charge in [0, 0.05) is 11.8 Å². The lowest BCUT2D eigenvalue weighted by molar-refractivity contribution is -0.144. The molecule has 0 aromatic carbocycles. The Morgan fingerprint density at radius 2 is 1.94 bits per heavy atom. The summed E-state index contributed by atoms with van der Waals surface area (Å²) in [7, 11) is 0. The maximum Gasteiger partial charge on any atom is 0.408 e. The van der Waals surface area contributed by atoms with Gasteiger partial charge >= 0.3 is 12.6 Å². The van der Waals surface area contributed by atoms with Crippen LogP contribution in [-0.4, -0.2) is 30.0 Å². The predicted molar refractivity (Wildman–Crippen MR) is 71.9 cm³/mol. The number of nitrogens with one attached hydrogen (secondary N) is 1. The van der Waals surface area contributed by atoms with E-state index >= 15 is 0 Å². The van der Waals surface area contributed by atoms with Crippen LogP contribution in [0.2, 0.25) is 0 Å². The Kier molecular flexibility index (Phi) is 5.25. The molecule has 1 rings (SSSR count). The summed E-state index contributed by atoms with van der Waals surface area (Å²) in [5, 5.41) is 10.4. The Labute approximate surface area is 111 Å². The van der Waals surface area contributed by atoms with Gasteiger partial charge in [-0.25, -0.2) is 5.09 Å². The largest absolute Gasteiger partial charge is 0.465 e. The van der Waals surface area contributed by atoms with Gasteiger partial charge < -0.3 is 14.0 Å². The molecule has 7 nitrogen and oxygen atoms in total. The monoisotopic (exact) mass is 293 g/mol. The average Bonchev–Trinajstić information content (AvgIpc) is 2.44. The van der Waals surface area contributed by atoms with Crippen molar-refractivity contribution in [3.05, 3.63) is 0 Å². The third-order valence-corrected chi connectivity index (χ3v) is 4.10. The van der Waals surface area contributed by atoms with Crippen molar-refractivity contribution >= 4 is 35.8 Å². The number of hydrogen-bond acceptors (Lipinski definition) is 7. The summed E-state index contributed by atoms with van der Waals surface area (Å²) in [5.41, 5.74) is 1.15. The van der Waals surface area contributed by atoms with Crippen LogP contribution < -0.4 is 5.09 Å². The standard InChI is InChI=1S/C9H16N3O4PS/c1-5-14-9(13)8(4)12-17(18)15-10-6(2)7(3)11-16-17/h8H,5H2,1-4H3,(H,12,18). The number of hydrogen-bond donors (Lipinski definition) is 1. The van der Waals surface area contributed by atoms with Crippen LogP contribution in [0.5, 0.6) is 0 Å². The summed E-state index contributed by atoms with van der Waals surface area (Å²) in [6, 6.07) is -0.653. The molecule has 0 amide bonds. The predicted octanol–water partition coefficient (Wildman–Crippen LogP) is 1.55. The van der Waals surface area contributed by atoms with Crippen molar-refractivity contribution in [3.8, 4) is 0 Å². The molecule has 1 N–H and O–H groups in total. The van der Waals surface area contributed by atoms with Crippen molar-refractivity contribution in [2.24, 2.45) is 10.3 Å². The van der Waals surface area contributed by atoms with E-state index in [-0.39, 0.29) is 0 Å². The molecule has 0 saturated heterocycles. The van der Waals surface area contributed by atoms with Crippen LogP contribution in [0.15, 0.2) is 10.3 Å². The second-order valence-electron chi connectivity index (χ2n) is 3.62. The lowest BCUT2D eigenvalue weighted by Gasteiger charge is -2.19. The lowest BCUT2D eigenvalue weighted by atomic mass is 10.3. The molecular formula is C9H16N3O4PS. The quantitative estimate of drug-likeness (QED) is 0.625. The highest BCUT2D eigenvalue weighted by atomic mass is 32.5. The van der Waals surface area contributed by atoms with Crippen molar-refractivity contribution < 1.29 is 18.8 Å². The highest BCUT2D eigenvalue weighted by molar-refractivity contribution is 8.08. The summed E-state index contributed by atoms with van der Waals surface area (Å²) in [6.45, 7) is 4.12. The minimum Gasteiger partial charge on any atom is -0.465 e. The fourth-order valence-electron chi connectivity index (χ4n) is 0.981. The zero-order valence-corrected chi connectivity index (χ0v) is 12.4. The average molecular weight is 293 g/mol. The van der Waals surface area contributed by atoms with Crippen LogP contribution in [0.4, 0.5) is 0 Å². The molecule has 9 heteroatoms. The van der Waals surface area contributed by atoms with Gasteiger partial charge in [0.05, 0.1) is 6.61 Å². The van der Waals surface area contributed by atoms with E-state index in [4.69, 9.17) is 25.8 Å². The van der Waals surface area contributed by atoms with Crippen LogP contribution >= 0.6 is 6.64 Å². The van der Waals surface area contributed by atoms with Gasteiger partial charge in [0.1, 0.15) is 17.5 Å². The third-order valence-electron chi connectivity index (χ3n) is 2.09. The molecule has 1 aliphatic rings. The summed E-state index contributed by atoms with van der Waals surface area (Å²) in [5.74, 6) is -0.431. The first-order valence-corrected chi connectivity index (χ1v) is 8.03. The molecule has 0 aromatic rings. The van der Waals surface area contributed by atoms with Crippen LogP contribution in [0.3, 0.4) is 0 Å². The maximum atomic E-state index is 11.5. The summed E-state index contributed by atoms with van der Waals surface area (Å²) in [6.07, 6.45) is 0. The van der Waals surface area contributed by atoms with Crippen LogP contribution in [0, 0.1) is 0 Å². The van der Waals surface area contributed by atoms with Gasteiger partial charge in [0.15, 0.2) is 0 Å². The Bertz CT molecular complexity index is 414. The van der Waals surface area contributed by atoms with Crippen LogP contribution in [-0.2, 0) is 30.6 Å². The zero-order valence-electron chi connectivity index (χ0n) is 10.7. The highest BCUT2D eigenvalue weighted by Gasteiger charge is 2.30. The van der Waals surface area contributed by atoms with Gasteiger partial charge in [0.25, 0.3) is 0 Å². The fourth-order valence-corrected chi connectivity index (χ4v) is 2.82. The van der Waals surface area contributed by atoms with Crippen molar-refractivity contribution in [2.45, 2.75) is 33.7 Å². The molecule has 0 aromatic heterocycles. The molecule has 1 aliphatic heterocycles. The molecule has 0 radical (unpaired) electrons.